The summed E-state index contributed by atoms with van der Waals surface area (Å²) < 4.78 is 57.6. The SMILES string of the molecule is C=CCC1CCC(C2CCC(C3CCC(C)C(F)C3F)CC2)C(F)C1F.O.O.O. The fourth-order valence-electron chi connectivity index (χ4n) is 6.00. The van der Waals surface area contributed by atoms with E-state index in [9.17, 15) is 17.6 Å². The van der Waals surface area contributed by atoms with E-state index >= 15 is 0 Å². The van der Waals surface area contributed by atoms with Gasteiger partial charge >= 0.3 is 0 Å². The number of alkyl halides is 4. The van der Waals surface area contributed by atoms with Crippen molar-refractivity contribution in [3.63, 3.8) is 0 Å². The first-order valence-corrected chi connectivity index (χ1v) is 10.6. The summed E-state index contributed by atoms with van der Waals surface area (Å²) in [4.78, 5) is 0. The van der Waals surface area contributed by atoms with E-state index in [0.717, 1.165) is 51.4 Å². The van der Waals surface area contributed by atoms with Gasteiger partial charge in [-0.3, -0.25) is 0 Å². The van der Waals surface area contributed by atoms with E-state index in [1.807, 2.05) is 0 Å². The molecule has 0 amide bonds. The average molecular weight is 429 g/mol. The van der Waals surface area contributed by atoms with Crippen LogP contribution in [0.1, 0.15) is 64.7 Å². The van der Waals surface area contributed by atoms with E-state index < -0.39 is 24.7 Å². The van der Waals surface area contributed by atoms with Crippen LogP contribution < -0.4 is 0 Å². The molecule has 0 bridgehead atoms. The highest BCUT2D eigenvalue weighted by Gasteiger charge is 2.46. The molecule has 3 saturated carbocycles. The van der Waals surface area contributed by atoms with Crippen molar-refractivity contribution in [3.05, 3.63) is 12.7 Å². The third-order valence-electron chi connectivity index (χ3n) is 7.74. The highest BCUT2D eigenvalue weighted by atomic mass is 19.2. The molecule has 0 saturated heterocycles. The van der Waals surface area contributed by atoms with Gasteiger partial charge in [0.25, 0.3) is 0 Å². The van der Waals surface area contributed by atoms with Gasteiger partial charge < -0.3 is 16.4 Å². The average Bonchev–Trinajstić information content (AvgIpc) is 2.64. The molecule has 0 aromatic carbocycles. The summed E-state index contributed by atoms with van der Waals surface area (Å²) in [6.45, 7) is 5.44. The Hall–Kier alpha value is -0.660. The van der Waals surface area contributed by atoms with Crippen LogP contribution in [0.3, 0.4) is 0 Å². The molecule has 3 fully saturated rings. The zero-order chi connectivity index (χ0) is 18.8. The minimum atomic E-state index is -1.38. The number of hydrogen-bond acceptors (Lipinski definition) is 0. The monoisotopic (exact) mass is 428 g/mol. The maximum Gasteiger partial charge on any atom is 0.135 e. The summed E-state index contributed by atoms with van der Waals surface area (Å²) in [5.41, 5.74) is 0. The van der Waals surface area contributed by atoms with Crippen molar-refractivity contribution in [1.29, 1.82) is 0 Å². The maximum atomic E-state index is 14.7. The van der Waals surface area contributed by atoms with Crippen molar-refractivity contribution >= 4 is 0 Å². The Morgan fingerprint density at radius 1 is 0.655 bits per heavy atom. The summed E-state index contributed by atoms with van der Waals surface area (Å²) in [6, 6.07) is 0. The predicted molar refractivity (Wildman–Crippen MR) is 109 cm³/mol. The Morgan fingerprint density at radius 2 is 1.10 bits per heavy atom. The fourth-order valence-corrected chi connectivity index (χ4v) is 6.00. The Kier molecular flexibility index (Phi) is 12.0. The molecule has 7 heteroatoms. The molecule has 8 unspecified atom stereocenters. The van der Waals surface area contributed by atoms with Gasteiger partial charge in [-0.25, -0.2) is 17.6 Å². The fraction of sp³-hybridized carbons (Fsp3) is 0.909. The molecule has 3 rings (SSSR count). The molecule has 0 radical (unpaired) electrons. The maximum absolute atomic E-state index is 14.7. The normalized spacial score (nSPS) is 45.1. The first-order valence-electron chi connectivity index (χ1n) is 10.6. The Labute approximate surface area is 172 Å². The highest BCUT2D eigenvalue weighted by Crippen LogP contribution is 2.48. The molecular weight excluding hydrogens is 388 g/mol. The first-order chi connectivity index (χ1) is 12.4. The van der Waals surface area contributed by atoms with Crippen molar-refractivity contribution in [2.45, 2.75) is 89.4 Å². The van der Waals surface area contributed by atoms with Crippen LogP contribution >= 0.6 is 0 Å². The van der Waals surface area contributed by atoms with Gasteiger partial charge in [0.15, 0.2) is 0 Å². The minimum absolute atomic E-state index is 0. The van der Waals surface area contributed by atoms with Crippen molar-refractivity contribution < 1.29 is 34.0 Å². The van der Waals surface area contributed by atoms with Gasteiger partial charge in [-0.2, -0.15) is 0 Å². The second-order valence-corrected chi connectivity index (χ2v) is 9.20. The molecule has 0 heterocycles. The van der Waals surface area contributed by atoms with E-state index in [4.69, 9.17) is 0 Å². The van der Waals surface area contributed by atoms with Crippen LogP contribution in [0, 0.1) is 35.5 Å². The van der Waals surface area contributed by atoms with E-state index in [0.29, 0.717) is 6.42 Å². The molecule has 3 nitrogen and oxygen atoms in total. The van der Waals surface area contributed by atoms with Gasteiger partial charge in [0.05, 0.1) is 0 Å². The molecular formula is C22H40F4O3. The number of rotatable bonds is 4. The molecule has 6 N–H and O–H groups in total. The lowest BCUT2D eigenvalue weighted by molar-refractivity contribution is -0.0301. The van der Waals surface area contributed by atoms with Crippen LogP contribution in [0.25, 0.3) is 0 Å². The van der Waals surface area contributed by atoms with Gasteiger partial charge in [-0.15, -0.1) is 6.58 Å². The van der Waals surface area contributed by atoms with Crippen molar-refractivity contribution in [1.82, 2.24) is 0 Å². The van der Waals surface area contributed by atoms with Crippen LogP contribution in [-0.2, 0) is 0 Å². The second-order valence-electron chi connectivity index (χ2n) is 9.20. The Morgan fingerprint density at radius 3 is 1.59 bits per heavy atom. The van der Waals surface area contributed by atoms with Crippen LogP contribution in [0.4, 0.5) is 17.6 Å². The topological polar surface area (TPSA) is 94.5 Å². The lowest BCUT2D eigenvalue weighted by atomic mass is 9.63. The summed E-state index contributed by atoms with van der Waals surface area (Å²) in [5.74, 6) is -0.381. The van der Waals surface area contributed by atoms with Crippen LogP contribution in [0.5, 0.6) is 0 Å². The van der Waals surface area contributed by atoms with Crippen LogP contribution in [0.2, 0.25) is 0 Å². The molecule has 174 valence electrons. The standard InChI is InChI=1S/C22H34F4.3H2O/c1-3-4-16-10-12-18(22(26)20(16)24)15-8-6-14(7-9-15)17-11-5-13(2)19(23)21(17)25;;;/h3,13-22H,1,4-12H2,2H3;3*1H2. The zero-order valence-electron chi connectivity index (χ0n) is 17.4. The van der Waals surface area contributed by atoms with Crippen LogP contribution in [-0.4, -0.2) is 41.1 Å². The van der Waals surface area contributed by atoms with Crippen molar-refractivity contribution in [2.75, 3.05) is 0 Å². The molecule has 0 aromatic rings. The third-order valence-corrected chi connectivity index (χ3v) is 7.74. The smallest absolute Gasteiger partial charge is 0.135 e. The largest absolute Gasteiger partial charge is 0.412 e. The Bertz CT molecular complexity index is 473. The quantitative estimate of drug-likeness (QED) is 0.471. The summed E-state index contributed by atoms with van der Waals surface area (Å²) in [7, 11) is 0. The molecule has 0 aliphatic heterocycles. The molecule has 29 heavy (non-hydrogen) atoms. The molecule has 0 spiro atoms. The third kappa shape index (κ3) is 5.95. The predicted octanol–water partition coefficient (Wildman–Crippen LogP) is 4.32. The number of halogens is 4. The van der Waals surface area contributed by atoms with Crippen molar-refractivity contribution in [3.8, 4) is 0 Å². The van der Waals surface area contributed by atoms with E-state index in [1.54, 1.807) is 13.0 Å². The van der Waals surface area contributed by atoms with E-state index in [2.05, 4.69) is 6.58 Å². The number of allylic oxidation sites excluding steroid dienone is 1. The van der Waals surface area contributed by atoms with E-state index in [1.165, 1.54) is 0 Å². The number of hydrogen-bond donors (Lipinski definition) is 0. The van der Waals surface area contributed by atoms with Crippen LogP contribution in [0.15, 0.2) is 12.7 Å². The molecule has 8 atom stereocenters. The molecule has 0 aromatic heterocycles. The Balaban J connectivity index is 0.00000261. The minimum Gasteiger partial charge on any atom is -0.412 e. The van der Waals surface area contributed by atoms with Gasteiger partial charge in [0.2, 0.25) is 0 Å². The van der Waals surface area contributed by atoms with Gasteiger partial charge in [0.1, 0.15) is 24.7 Å². The van der Waals surface area contributed by atoms with Gasteiger partial charge in [-0.1, -0.05) is 13.0 Å². The summed E-state index contributed by atoms with van der Waals surface area (Å²) in [6.07, 6.45) is 3.14. The zero-order valence-corrected chi connectivity index (χ0v) is 17.4. The van der Waals surface area contributed by atoms with Gasteiger partial charge in [0, 0.05) is 0 Å². The lowest BCUT2D eigenvalue weighted by Crippen LogP contribution is -2.44. The molecule has 3 aliphatic rings. The highest BCUT2D eigenvalue weighted by molar-refractivity contribution is 4.96. The summed E-state index contributed by atoms with van der Waals surface area (Å²) in [5, 5.41) is 0. The molecule has 3 aliphatic carbocycles. The summed E-state index contributed by atoms with van der Waals surface area (Å²) >= 11 is 0. The lowest BCUT2D eigenvalue weighted by Gasteiger charge is -2.44. The second kappa shape index (κ2) is 12.3. The van der Waals surface area contributed by atoms with E-state index in [-0.39, 0.29) is 51.9 Å². The van der Waals surface area contributed by atoms with Gasteiger partial charge in [-0.05, 0) is 93.3 Å². The van der Waals surface area contributed by atoms with Crippen molar-refractivity contribution in [2.24, 2.45) is 35.5 Å². The first kappa shape index (κ1) is 28.3.